The normalized spacial score (nSPS) is 19.4. The molecule has 2 aliphatic rings. The van der Waals surface area contributed by atoms with Gasteiger partial charge >= 0.3 is 0 Å². The highest BCUT2D eigenvalue weighted by atomic mass is 16.3. The van der Waals surface area contributed by atoms with E-state index in [2.05, 4.69) is 41.3 Å². The van der Waals surface area contributed by atoms with E-state index >= 15 is 0 Å². The average Bonchev–Trinajstić information content (AvgIpc) is 3.29. The van der Waals surface area contributed by atoms with Crippen molar-refractivity contribution < 1.29 is 9.21 Å². The second-order valence-electron chi connectivity index (χ2n) is 8.14. The summed E-state index contributed by atoms with van der Waals surface area (Å²) in [5.41, 5.74) is 5.10. The number of benzene rings is 2. The monoisotopic (exact) mass is 375 g/mol. The smallest absolute Gasteiger partial charge is 0.226 e. The molecule has 0 radical (unpaired) electrons. The van der Waals surface area contributed by atoms with E-state index in [1.165, 1.54) is 5.69 Å². The summed E-state index contributed by atoms with van der Waals surface area (Å²) >= 11 is 0. The Morgan fingerprint density at radius 1 is 1.07 bits per heavy atom. The van der Waals surface area contributed by atoms with Gasteiger partial charge < -0.3 is 14.2 Å². The predicted octanol–water partition coefficient (Wildman–Crippen LogP) is 4.63. The van der Waals surface area contributed by atoms with Crippen LogP contribution in [-0.2, 0) is 4.79 Å². The van der Waals surface area contributed by atoms with Crippen LogP contribution in [0.25, 0.3) is 22.2 Å². The van der Waals surface area contributed by atoms with Crippen molar-refractivity contribution in [3.05, 3.63) is 48.4 Å². The number of likely N-dealkylation sites (tertiary alicyclic amines) is 1. The third-order valence-corrected chi connectivity index (χ3v) is 5.87. The summed E-state index contributed by atoms with van der Waals surface area (Å²) in [5, 5.41) is 0. The lowest BCUT2D eigenvalue weighted by molar-refractivity contribution is -0.133. The lowest BCUT2D eigenvalue weighted by atomic mass is 10.0. The van der Waals surface area contributed by atoms with Crippen molar-refractivity contribution in [1.82, 2.24) is 9.88 Å². The lowest BCUT2D eigenvalue weighted by Gasteiger charge is -2.22. The predicted molar refractivity (Wildman–Crippen MR) is 110 cm³/mol. The minimum absolute atomic E-state index is 0.0108. The van der Waals surface area contributed by atoms with E-state index in [0.29, 0.717) is 5.89 Å². The van der Waals surface area contributed by atoms with Crippen molar-refractivity contribution in [3.63, 3.8) is 0 Å². The highest BCUT2D eigenvalue weighted by Crippen LogP contribution is 2.39. The molecule has 2 fully saturated rings. The van der Waals surface area contributed by atoms with Crippen molar-refractivity contribution in [2.75, 3.05) is 25.5 Å². The zero-order valence-electron chi connectivity index (χ0n) is 16.4. The van der Waals surface area contributed by atoms with Crippen LogP contribution in [0.5, 0.6) is 0 Å². The van der Waals surface area contributed by atoms with Gasteiger partial charge in [0, 0.05) is 32.2 Å². The summed E-state index contributed by atoms with van der Waals surface area (Å²) in [7, 11) is 4.08. The maximum atomic E-state index is 12.6. The lowest BCUT2D eigenvalue weighted by Crippen LogP contribution is -2.31. The van der Waals surface area contributed by atoms with E-state index < -0.39 is 0 Å². The first-order valence-electron chi connectivity index (χ1n) is 10.1. The van der Waals surface area contributed by atoms with E-state index in [1.807, 2.05) is 25.1 Å². The molecule has 0 N–H and O–H groups in total. The van der Waals surface area contributed by atoms with Crippen LogP contribution in [0.1, 0.15) is 37.6 Å². The number of anilines is 1. The Bertz CT molecular complexity index is 1020. The average molecular weight is 375 g/mol. The number of rotatable bonds is 4. The molecule has 1 aliphatic carbocycles. The molecule has 1 atom stereocenters. The number of oxazole rings is 1. The number of hydrogen-bond donors (Lipinski definition) is 0. The Hall–Kier alpha value is -2.82. The molecule has 0 bridgehead atoms. The Morgan fingerprint density at radius 3 is 2.54 bits per heavy atom. The summed E-state index contributed by atoms with van der Waals surface area (Å²) in [6.45, 7) is 0.822. The summed E-state index contributed by atoms with van der Waals surface area (Å²) in [6, 6.07) is 14.6. The van der Waals surface area contributed by atoms with Crippen molar-refractivity contribution in [2.24, 2.45) is 5.92 Å². The second-order valence-corrected chi connectivity index (χ2v) is 8.14. The van der Waals surface area contributed by atoms with E-state index in [-0.39, 0.29) is 17.9 Å². The molecule has 0 unspecified atom stereocenters. The van der Waals surface area contributed by atoms with Crippen LogP contribution in [-0.4, -0.2) is 36.4 Å². The number of hydrogen-bond acceptors (Lipinski definition) is 4. The van der Waals surface area contributed by atoms with Gasteiger partial charge in [0.2, 0.25) is 11.8 Å². The van der Waals surface area contributed by atoms with E-state index in [4.69, 9.17) is 9.40 Å². The molecule has 5 heteroatoms. The molecule has 1 aliphatic heterocycles. The fourth-order valence-corrected chi connectivity index (χ4v) is 4.07. The van der Waals surface area contributed by atoms with Crippen LogP contribution in [0.4, 0.5) is 5.69 Å². The van der Waals surface area contributed by atoms with Crippen LogP contribution in [0.2, 0.25) is 0 Å². The SMILES string of the molecule is CN(C)c1ccc(-c2ccc3oc([C@H]4CCCN4C(=O)C4CC4)nc3c2)cc1. The molecule has 2 aromatic carbocycles. The van der Waals surface area contributed by atoms with Gasteiger partial charge in [0.25, 0.3) is 0 Å². The number of fused-ring (bicyclic) bond motifs is 1. The first-order valence-corrected chi connectivity index (χ1v) is 10.1. The van der Waals surface area contributed by atoms with Gasteiger partial charge in [-0.15, -0.1) is 0 Å². The summed E-state index contributed by atoms with van der Waals surface area (Å²) in [4.78, 5) is 21.4. The van der Waals surface area contributed by atoms with E-state index in [9.17, 15) is 4.79 Å². The molecule has 0 spiro atoms. The second kappa shape index (κ2) is 6.66. The molecule has 1 saturated carbocycles. The summed E-state index contributed by atoms with van der Waals surface area (Å²) in [6.07, 6.45) is 4.02. The largest absolute Gasteiger partial charge is 0.438 e. The Kier molecular flexibility index (Phi) is 4.11. The third kappa shape index (κ3) is 3.05. The molecule has 5 nitrogen and oxygen atoms in total. The number of carbonyl (C=O) groups is 1. The molecule has 28 heavy (non-hydrogen) atoms. The van der Waals surface area contributed by atoms with Gasteiger partial charge in [0.05, 0.1) is 0 Å². The standard InChI is InChI=1S/C23H25N3O2/c1-25(2)18-10-7-15(8-11-18)17-9-12-21-19(14-17)24-22(28-21)20-4-3-13-26(20)23(27)16-5-6-16/h7-12,14,16,20H,3-6,13H2,1-2H3/t20-/m1/s1. The number of nitrogens with zero attached hydrogens (tertiary/aromatic N) is 3. The van der Waals surface area contributed by atoms with Gasteiger partial charge in [-0.2, -0.15) is 0 Å². The maximum Gasteiger partial charge on any atom is 0.226 e. The van der Waals surface area contributed by atoms with Gasteiger partial charge in [-0.1, -0.05) is 18.2 Å². The molecule has 1 amide bonds. The Morgan fingerprint density at radius 2 is 1.82 bits per heavy atom. The van der Waals surface area contributed by atoms with E-state index in [0.717, 1.165) is 54.5 Å². The van der Waals surface area contributed by atoms with Gasteiger partial charge in [-0.05, 0) is 61.1 Å². The third-order valence-electron chi connectivity index (χ3n) is 5.87. The minimum Gasteiger partial charge on any atom is -0.438 e. The molecule has 1 saturated heterocycles. The minimum atomic E-state index is -0.0108. The molecular weight excluding hydrogens is 350 g/mol. The molecule has 1 aromatic heterocycles. The van der Waals surface area contributed by atoms with Crippen molar-refractivity contribution >= 4 is 22.7 Å². The Labute approximate surface area is 165 Å². The highest BCUT2D eigenvalue weighted by Gasteiger charge is 2.40. The topological polar surface area (TPSA) is 49.6 Å². The van der Waals surface area contributed by atoms with Gasteiger partial charge in [-0.3, -0.25) is 4.79 Å². The number of carbonyl (C=O) groups excluding carboxylic acids is 1. The van der Waals surface area contributed by atoms with Crippen LogP contribution < -0.4 is 4.90 Å². The highest BCUT2D eigenvalue weighted by molar-refractivity contribution is 5.83. The summed E-state index contributed by atoms with van der Waals surface area (Å²) in [5.74, 6) is 1.20. The fraction of sp³-hybridized carbons (Fsp3) is 0.391. The molecule has 2 heterocycles. The molecule has 144 valence electrons. The molecular formula is C23H25N3O2. The molecule has 5 rings (SSSR count). The first kappa shape index (κ1) is 17.3. The van der Waals surface area contributed by atoms with Gasteiger partial charge in [-0.25, -0.2) is 4.98 Å². The summed E-state index contributed by atoms with van der Waals surface area (Å²) < 4.78 is 6.06. The van der Waals surface area contributed by atoms with Crippen LogP contribution in [0, 0.1) is 5.92 Å². The van der Waals surface area contributed by atoms with Gasteiger partial charge in [0.15, 0.2) is 5.58 Å². The molecule has 3 aromatic rings. The van der Waals surface area contributed by atoms with Crippen molar-refractivity contribution in [2.45, 2.75) is 31.7 Å². The first-order chi connectivity index (χ1) is 13.6. The zero-order valence-corrected chi connectivity index (χ0v) is 16.4. The van der Waals surface area contributed by atoms with Gasteiger partial charge in [0.1, 0.15) is 11.6 Å². The fourth-order valence-electron chi connectivity index (χ4n) is 4.07. The Balaban J connectivity index is 1.44. The number of amides is 1. The number of aromatic nitrogens is 1. The van der Waals surface area contributed by atoms with Crippen LogP contribution in [0.15, 0.2) is 46.9 Å². The quantitative estimate of drug-likeness (QED) is 0.667. The van der Waals surface area contributed by atoms with Crippen molar-refractivity contribution in [1.29, 1.82) is 0 Å². The van der Waals surface area contributed by atoms with Crippen molar-refractivity contribution in [3.8, 4) is 11.1 Å². The van der Waals surface area contributed by atoms with E-state index in [1.54, 1.807) is 0 Å². The van der Waals surface area contributed by atoms with Crippen LogP contribution >= 0.6 is 0 Å². The maximum absolute atomic E-state index is 12.6. The van der Waals surface area contributed by atoms with Crippen LogP contribution in [0.3, 0.4) is 0 Å². The zero-order chi connectivity index (χ0) is 19.3.